The van der Waals surface area contributed by atoms with Crippen molar-refractivity contribution in [1.82, 2.24) is 0 Å². The molecule has 0 aliphatic rings. The lowest BCUT2D eigenvalue weighted by atomic mass is 10.0. The first-order valence-corrected chi connectivity index (χ1v) is 9.32. The molecular formula is C22H17Cl2NO3. The van der Waals surface area contributed by atoms with Gasteiger partial charge in [0.2, 0.25) is 0 Å². The largest absolute Gasteiger partial charge is 0.455 e. The van der Waals surface area contributed by atoms with Gasteiger partial charge >= 0.3 is 5.97 Å². The number of esters is 1. The van der Waals surface area contributed by atoms with Crippen LogP contribution in [0.2, 0.25) is 10.0 Å². The van der Waals surface area contributed by atoms with Gasteiger partial charge in [0.1, 0.15) is 0 Å². The van der Waals surface area contributed by atoms with E-state index in [-0.39, 0.29) is 13.0 Å². The second kappa shape index (κ2) is 9.40. The molecule has 1 N–H and O–H groups in total. The second-order valence-corrected chi connectivity index (χ2v) is 6.89. The van der Waals surface area contributed by atoms with Crippen LogP contribution in [-0.2, 0) is 20.7 Å². The topological polar surface area (TPSA) is 55.4 Å². The van der Waals surface area contributed by atoms with E-state index in [0.29, 0.717) is 15.7 Å². The predicted octanol–water partition coefficient (Wildman–Crippen LogP) is 5.38. The van der Waals surface area contributed by atoms with Crippen molar-refractivity contribution in [3.05, 3.63) is 88.4 Å². The number of rotatable bonds is 6. The zero-order valence-electron chi connectivity index (χ0n) is 14.8. The number of benzene rings is 3. The van der Waals surface area contributed by atoms with Crippen molar-refractivity contribution in [1.29, 1.82) is 0 Å². The molecule has 0 aromatic heterocycles. The van der Waals surface area contributed by atoms with E-state index in [4.69, 9.17) is 27.9 Å². The van der Waals surface area contributed by atoms with Crippen LogP contribution in [0.4, 0.5) is 5.69 Å². The Balaban J connectivity index is 1.48. The minimum atomic E-state index is -0.475. The first-order chi connectivity index (χ1) is 13.5. The number of hydrogen-bond donors (Lipinski definition) is 1. The molecule has 0 unspecified atom stereocenters. The Hall–Kier alpha value is -2.82. The number of ether oxygens (including phenoxy) is 1. The summed E-state index contributed by atoms with van der Waals surface area (Å²) in [5.41, 5.74) is 3.47. The summed E-state index contributed by atoms with van der Waals surface area (Å²) in [7, 11) is 0. The summed E-state index contributed by atoms with van der Waals surface area (Å²) in [6.45, 7) is -0.374. The molecule has 0 saturated carbocycles. The highest BCUT2D eigenvalue weighted by atomic mass is 35.5. The molecule has 0 fully saturated rings. The van der Waals surface area contributed by atoms with E-state index in [0.717, 1.165) is 16.7 Å². The Kier molecular flexibility index (Phi) is 6.69. The molecule has 0 saturated heterocycles. The third-order valence-electron chi connectivity index (χ3n) is 3.98. The molecule has 4 nitrogen and oxygen atoms in total. The molecule has 6 heteroatoms. The SMILES string of the molecule is O=C(COC(=O)Cc1ccc(-c2ccccc2)cc1)Nc1ccc(Cl)c(Cl)c1. The van der Waals surface area contributed by atoms with Crippen LogP contribution in [0.25, 0.3) is 11.1 Å². The third-order valence-corrected chi connectivity index (χ3v) is 4.72. The zero-order valence-corrected chi connectivity index (χ0v) is 16.3. The molecule has 1 amide bonds. The Morgan fingerprint density at radius 3 is 2.18 bits per heavy atom. The average Bonchev–Trinajstić information content (AvgIpc) is 2.70. The molecule has 0 bridgehead atoms. The normalized spacial score (nSPS) is 10.4. The second-order valence-electron chi connectivity index (χ2n) is 6.08. The maximum Gasteiger partial charge on any atom is 0.310 e. The fraction of sp³-hybridized carbons (Fsp3) is 0.0909. The molecule has 0 heterocycles. The van der Waals surface area contributed by atoms with Gasteiger partial charge in [-0.25, -0.2) is 0 Å². The summed E-state index contributed by atoms with van der Waals surface area (Å²) in [6, 6.07) is 22.3. The number of hydrogen-bond acceptors (Lipinski definition) is 3. The molecule has 3 aromatic carbocycles. The van der Waals surface area contributed by atoms with Crippen LogP contribution < -0.4 is 5.32 Å². The lowest BCUT2D eigenvalue weighted by Gasteiger charge is -2.08. The minimum absolute atomic E-state index is 0.0924. The van der Waals surface area contributed by atoms with Crippen molar-refractivity contribution >= 4 is 40.8 Å². The lowest BCUT2D eigenvalue weighted by molar-refractivity contribution is -0.146. The van der Waals surface area contributed by atoms with E-state index in [1.165, 1.54) is 6.07 Å². The van der Waals surface area contributed by atoms with E-state index < -0.39 is 11.9 Å². The summed E-state index contributed by atoms with van der Waals surface area (Å²) in [4.78, 5) is 23.9. The molecular weight excluding hydrogens is 397 g/mol. The number of amides is 1. The van der Waals surface area contributed by atoms with Crippen molar-refractivity contribution in [3.63, 3.8) is 0 Å². The predicted molar refractivity (Wildman–Crippen MR) is 112 cm³/mol. The van der Waals surface area contributed by atoms with Crippen LogP contribution in [0.15, 0.2) is 72.8 Å². The maximum atomic E-state index is 12.0. The summed E-state index contributed by atoms with van der Waals surface area (Å²) >= 11 is 11.7. The van der Waals surface area contributed by atoms with E-state index in [1.807, 2.05) is 54.6 Å². The van der Waals surface area contributed by atoms with Gasteiger partial charge in [-0.3, -0.25) is 9.59 Å². The average molecular weight is 414 g/mol. The van der Waals surface area contributed by atoms with E-state index >= 15 is 0 Å². The number of carbonyl (C=O) groups excluding carboxylic acids is 2. The number of carbonyl (C=O) groups is 2. The molecule has 28 heavy (non-hydrogen) atoms. The highest BCUT2D eigenvalue weighted by molar-refractivity contribution is 6.42. The first-order valence-electron chi connectivity index (χ1n) is 8.56. The number of halogens is 2. The van der Waals surface area contributed by atoms with Crippen LogP contribution in [0.5, 0.6) is 0 Å². The number of anilines is 1. The summed E-state index contributed by atoms with van der Waals surface area (Å²) in [6.07, 6.45) is 0.0924. The quantitative estimate of drug-likeness (QED) is 0.551. The zero-order chi connectivity index (χ0) is 19.9. The van der Waals surface area contributed by atoms with Crippen LogP contribution in [0, 0.1) is 0 Å². The van der Waals surface area contributed by atoms with E-state index in [9.17, 15) is 9.59 Å². The smallest absolute Gasteiger partial charge is 0.310 e. The molecule has 142 valence electrons. The van der Waals surface area contributed by atoms with Gasteiger partial charge in [-0.05, 0) is 34.9 Å². The van der Waals surface area contributed by atoms with E-state index in [1.54, 1.807) is 12.1 Å². The van der Waals surface area contributed by atoms with Gasteiger partial charge in [0, 0.05) is 5.69 Å². The molecule has 3 aromatic rings. The van der Waals surface area contributed by atoms with E-state index in [2.05, 4.69) is 5.32 Å². The fourth-order valence-corrected chi connectivity index (χ4v) is 2.88. The van der Waals surface area contributed by atoms with Crippen molar-refractivity contribution in [3.8, 4) is 11.1 Å². The van der Waals surface area contributed by atoms with Crippen molar-refractivity contribution in [2.24, 2.45) is 0 Å². The lowest BCUT2D eigenvalue weighted by Crippen LogP contribution is -2.21. The molecule has 0 atom stereocenters. The van der Waals surface area contributed by atoms with Gasteiger partial charge in [-0.2, -0.15) is 0 Å². The number of nitrogens with one attached hydrogen (secondary N) is 1. The van der Waals surface area contributed by atoms with Gasteiger partial charge in [0.25, 0.3) is 5.91 Å². The van der Waals surface area contributed by atoms with Crippen LogP contribution >= 0.6 is 23.2 Å². The maximum absolute atomic E-state index is 12.0. The molecule has 0 radical (unpaired) electrons. The highest BCUT2D eigenvalue weighted by Crippen LogP contribution is 2.25. The van der Waals surface area contributed by atoms with Gasteiger partial charge in [0.15, 0.2) is 6.61 Å². The minimum Gasteiger partial charge on any atom is -0.455 e. The van der Waals surface area contributed by atoms with Crippen LogP contribution in [0.3, 0.4) is 0 Å². The fourth-order valence-electron chi connectivity index (χ4n) is 2.58. The standard InChI is InChI=1S/C22H17Cl2NO3/c23-19-11-10-18(13-20(19)24)25-21(26)14-28-22(27)12-15-6-8-17(9-7-15)16-4-2-1-3-5-16/h1-11,13H,12,14H2,(H,25,26). The first kappa shape index (κ1) is 19.9. The van der Waals surface area contributed by atoms with Gasteiger partial charge in [-0.15, -0.1) is 0 Å². The Morgan fingerprint density at radius 1 is 0.821 bits per heavy atom. The van der Waals surface area contributed by atoms with Crippen molar-refractivity contribution in [2.75, 3.05) is 11.9 Å². The van der Waals surface area contributed by atoms with Gasteiger partial charge in [-0.1, -0.05) is 77.8 Å². The summed E-state index contributed by atoms with van der Waals surface area (Å²) < 4.78 is 5.04. The summed E-state index contributed by atoms with van der Waals surface area (Å²) in [5.74, 6) is -0.928. The van der Waals surface area contributed by atoms with Crippen molar-refractivity contribution < 1.29 is 14.3 Å². The molecule has 0 aliphatic heterocycles. The van der Waals surface area contributed by atoms with Crippen LogP contribution in [-0.4, -0.2) is 18.5 Å². The summed E-state index contributed by atoms with van der Waals surface area (Å²) in [5, 5.41) is 3.32. The van der Waals surface area contributed by atoms with Crippen molar-refractivity contribution in [2.45, 2.75) is 6.42 Å². The highest BCUT2D eigenvalue weighted by Gasteiger charge is 2.10. The Bertz CT molecular complexity index is 973. The molecule has 3 rings (SSSR count). The Morgan fingerprint density at radius 2 is 1.50 bits per heavy atom. The molecule has 0 spiro atoms. The third kappa shape index (κ3) is 5.59. The van der Waals surface area contributed by atoms with Gasteiger partial charge < -0.3 is 10.1 Å². The Labute approximate surface area is 173 Å². The van der Waals surface area contributed by atoms with Gasteiger partial charge in [0.05, 0.1) is 16.5 Å². The van der Waals surface area contributed by atoms with Crippen LogP contribution in [0.1, 0.15) is 5.56 Å². The monoisotopic (exact) mass is 413 g/mol. The molecule has 0 aliphatic carbocycles.